The van der Waals surface area contributed by atoms with E-state index in [2.05, 4.69) is 46.7 Å². The standard InChI is InChI=1S/C18H28BrN3O/c1-6-22(5)11-20-16-10-15(19)18(21-14(16)4)23-17-12(2)8-7-9-13(17)3/h10-13,17H,6-9H2,1-5H3. The van der Waals surface area contributed by atoms with Gasteiger partial charge in [0.15, 0.2) is 0 Å². The molecular formula is C18H28BrN3O. The van der Waals surface area contributed by atoms with Gasteiger partial charge in [0.25, 0.3) is 0 Å². The highest BCUT2D eigenvalue weighted by atomic mass is 79.9. The summed E-state index contributed by atoms with van der Waals surface area (Å²) < 4.78 is 7.15. The first-order valence-corrected chi connectivity index (χ1v) is 9.29. The van der Waals surface area contributed by atoms with Crippen molar-refractivity contribution in [1.82, 2.24) is 9.88 Å². The molecule has 1 aliphatic rings. The second kappa shape index (κ2) is 8.13. The predicted molar refractivity (Wildman–Crippen MR) is 99.7 cm³/mol. The number of ether oxygens (including phenoxy) is 1. The minimum atomic E-state index is 0.243. The molecule has 4 nitrogen and oxygen atoms in total. The van der Waals surface area contributed by atoms with Crippen molar-refractivity contribution in [2.24, 2.45) is 16.8 Å². The van der Waals surface area contributed by atoms with Gasteiger partial charge in [0.05, 0.1) is 22.2 Å². The molecule has 2 unspecified atom stereocenters. The Balaban J connectivity index is 2.17. The highest BCUT2D eigenvalue weighted by Gasteiger charge is 2.30. The predicted octanol–water partition coefficient (Wildman–Crippen LogP) is 4.97. The van der Waals surface area contributed by atoms with Gasteiger partial charge < -0.3 is 9.64 Å². The monoisotopic (exact) mass is 381 g/mol. The van der Waals surface area contributed by atoms with E-state index in [9.17, 15) is 0 Å². The molecule has 1 aromatic heterocycles. The molecule has 0 saturated heterocycles. The van der Waals surface area contributed by atoms with Crippen LogP contribution in [0.4, 0.5) is 5.69 Å². The van der Waals surface area contributed by atoms with E-state index in [-0.39, 0.29) is 6.10 Å². The molecule has 1 aromatic rings. The fraction of sp³-hybridized carbons (Fsp3) is 0.667. The fourth-order valence-corrected chi connectivity index (χ4v) is 3.42. The second-order valence-electron chi connectivity index (χ2n) is 6.67. The Labute approximate surface area is 148 Å². The lowest BCUT2D eigenvalue weighted by molar-refractivity contribution is 0.0505. The van der Waals surface area contributed by atoms with Crippen LogP contribution in [0, 0.1) is 18.8 Å². The smallest absolute Gasteiger partial charge is 0.228 e. The molecule has 0 radical (unpaired) electrons. The zero-order chi connectivity index (χ0) is 17.0. The molecule has 23 heavy (non-hydrogen) atoms. The summed E-state index contributed by atoms with van der Waals surface area (Å²) in [7, 11) is 2.00. The van der Waals surface area contributed by atoms with Gasteiger partial charge in [-0.15, -0.1) is 0 Å². The second-order valence-corrected chi connectivity index (χ2v) is 7.52. The maximum Gasteiger partial charge on any atom is 0.228 e. The summed E-state index contributed by atoms with van der Waals surface area (Å²) in [4.78, 5) is 11.2. The third-order valence-corrected chi connectivity index (χ3v) is 5.26. The number of aryl methyl sites for hydroxylation is 1. The van der Waals surface area contributed by atoms with Crippen molar-refractivity contribution in [1.29, 1.82) is 0 Å². The van der Waals surface area contributed by atoms with Crippen LogP contribution in [-0.2, 0) is 0 Å². The van der Waals surface area contributed by atoms with Crippen molar-refractivity contribution >= 4 is 28.0 Å². The molecule has 2 rings (SSSR count). The first-order valence-electron chi connectivity index (χ1n) is 8.50. The number of hydrogen-bond acceptors (Lipinski definition) is 3. The summed E-state index contributed by atoms with van der Waals surface area (Å²) in [6, 6.07) is 2.00. The van der Waals surface area contributed by atoms with Crippen molar-refractivity contribution in [2.45, 2.75) is 53.1 Å². The van der Waals surface area contributed by atoms with Gasteiger partial charge >= 0.3 is 0 Å². The SMILES string of the molecule is CCN(C)C=Nc1cc(Br)c(OC2C(C)CCCC2C)nc1C. The molecule has 1 heterocycles. The van der Waals surface area contributed by atoms with Gasteiger partial charge in [-0.25, -0.2) is 9.98 Å². The summed E-state index contributed by atoms with van der Waals surface area (Å²) >= 11 is 3.60. The van der Waals surface area contributed by atoms with Crippen LogP contribution in [0.15, 0.2) is 15.5 Å². The minimum absolute atomic E-state index is 0.243. The number of aromatic nitrogens is 1. The van der Waals surface area contributed by atoms with E-state index in [1.807, 2.05) is 31.3 Å². The van der Waals surface area contributed by atoms with Crippen LogP contribution in [-0.4, -0.2) is 35.9 Å². The molecule has 0 N–H and O–H groups in total. The van der Waals surface area contributed by atoms with Crippen LogP contribution >= 0.6 is 15.9 Å². The lowest BCUT2D eigenvalue weighted by Gasteiger charge is -2.34. The van der Waals surface area contributed by atoms with Gasteiger partial charge in [0, 0.05) is 13.6 Å². The van der Waals surface area contributed by atoms with Crippen molar-refractivity contribution in [2.75, 3.05) is 13.6 Å². The highest BCUT2D eigenvalue weighted by molar-refractivity contribution is 9.10. The zero-order valence-corrected chi connectivity index (χ0v) is 16.4. The van der Waals surface area contributed by atoms with Gasteiger partial charge in [0.1, 0.15) is 6.10 Å². The summed E-state index contributed by atoms with van der Waals surface area (Å²) in [6.45, 7) is 9.55. The highest BCUT2D eigenvalue weighted by Crippen LogP contribution is 2.35. The molecule has 0 bridgehead atoms. The van der Waals surface area contributed by atoms with Gasteiger partial charge in [0.2, 0.25) is 5.88 Å². The van der Waals surface area contributed by atoms with Crippen LogP contribution in [0.1, 0.15) is 45.7 Å². The lowest BCUT2D eigenvalue weighted by Crippen LogP contribution is -2.35. The van der Waals surface area contributed by atoms with Crippen LogP contribution in [0.5, 0.6) is 5.88 Å². The normalized spacial score (nSPS) is 24.9. The third-order valence-electron chi connectivity index (χ3n) is 4.69. The first kappa shape index (κ1) is 18.2. The number of hydrogen-bond donors (Lipinski definition) is 0. The molecule has 1 saturated carbocycles. The quantitative estimate of drug-likeness (QED) is 0.533. The van der Waals surface area contributed by atoms with Crippen molar-refractivity contribution in [3.8, 4) is 5.88 Å². The number of rotatable bonds is 5. The Bertz CT molecular complexity index is 551. The molecule has 2 atom stereocenters. The third kappa shape index (κ3) is 4.69. The Morgan fingerprint density at radius 2 is 2.04 bits per heavy atom. The molecule has 0 aromatic carbocycles. The van der Waals surface area contributed by atoms with Crippen LogP contribution in [0.3, 0.4) is 0 Å². The van der Waals surface area contributed by atoms with Gasteiger partial charge in [-0.3, -0.25) is 0 Å². The van der Waals surface area contributed by atoms with E-state index in [1.54, 1.807) is 0 Å². The molecule has 0 spiro atoms. The van der Waals surface area contributed by atoms with E-state index < -0.39 is 0 Å². The summed E-state index contributed by atoms with van der Waals surface area (Å²) in [5.41, 5.74) is 1.76. The van der Waals surface area contributed by atoms with Gasteiger partial charge in [-0.1, -0.05) is 20.3 Å². The Hall–Kier alpha value is -1.10. The molecule has 5 heteroatoms. The largest absolute Gasteiger partial charge is 0.473 e. The summed E-state index contributed by atoms with van der Waals surface area (Å²) in [6.07, 6.45) is 5.85. The molecule has 0 amide bonds. The lowest BCUT2D eigenvalue weighted by atomic mass is 9.80. The van der Waals surface area contributed by atoms with Crippen molar-refractivity contribution in [3.05, 3.63) is 16.2 Å². The number of pyridine rings is 1. The van der Waals surface area contributed by atoms with Crippen molar-refractivity contribution < 1.29 is 4.74 Å². The van der Waals surface area contributed by atoms with Crippen LogP contribution in [0.25, 0.3) is 0 Å². The molecular weight excluding hydrogens is 354 g/mol. The molecule has 128 valence electrons. The topological polar surface area (TPSA) is 37.7 Å². The average molecular weight is 382 g/mol. The number of halogens is 1. The van der Waals surface area contributed by atoms with E-state index in [1.165, 1.54) is 19.3 Å². The minimum Gasteiger partial charge on any atom is -0.473 e. The molecule has 1 fully saturated rings. The maximum absolute atomic E-state index is 6.27. The maximum atomic E-state index is 6.27. The number of nitrogens with zero attached hydrogens (tertiary/aromatic N) is 3. The summed E-state index contributed by atoms with van der Waals surface area (Å²) in [5.74, 6) is 1.84. The summed E-state index contributed by atoms with van der Waals surface area (Å²) in [5, 5.41) is 0. The Kier molecular flexibility index (Phi) is 6.45. The number of aliphatic imine (C=N–C) groups is 1. The van der Waals surface area contributed by atoms with Gasteiger partial charge in [-0.2, -0.15) is 0 Å². The van der Waals surface area contributed by atoms with Crippen LogP contribution < -0.4 is 4.74 Å². The van der Waals surface area contributed by atoms with Crippen LogP contribution in [0.2, 0.25) is 0 Å². The van der Waals surface area contributed by atoms with E-state index in [4.69, 9.17) is 4.74 Å². The fourth-order valence-electron chi connectivity index (χ4n) is 3.02. The Morgan fingerprint density at radius 1 is 1.39 bits per heavy atom. The molecule has 1 aliphatic carbocycles. The average Bonchev–Trinajstić information content (AvgIpc) is 2.52. The first-order chi connectivity index (χ1) is 10.9. The van der Waals surface area contributed by atoms with E-state index in [0.29, 0.717) is 17.7 Å². The zero-order valence-electron chi connectivity index (χ0n) is 14.8. The van der Waals surface area contributed by atoms with E-state index in [0.717, 1.165) is 22.4 Å². The Morgan fingerprint density at radius 3 is 2.65 bits per heavy atom. The molecule has 0 aliphatic heterocycles. The van der Waals surface area contributed by atoms with E-state index >= 15 is 0 Å². The van der Waals surface area contributed by atoms with Crippen molar-refractivity contribution in [3.63, 3.8) is 0 Å². The van der Waals surface area contributed by atoms with Gasteiger partial charge in [-0.05, 0) is 60.5 Å².